The van der Waals surface area contributed by atoms with E-state index in [1.165, 1.54) is 0 Å². The number of unbranched alkanes of at least 4 members (excludes halogenated alkanes) is 1. The van der Waals surface area contributed by atoms with E-state index in [1.54, 1.807) is 14.2 Å². The molecule has 1 unspecified atom stereocenters. The van der Waals surface area contributed by atoms with Crippen molar-refractivity contribution in [2.75, 3.05) is 34.0 Å². The van der Waals surface area contributed by atoms with Gasteiger partial charge < -0.3 is 25.1 Å². The molecule has 0 fully saturated rings. The molecule has 0 radical (unpaired) electrons. The van der Waals surface area contributed by atoms with Gasteiger partial charge in [0.25, 0.3) is 0 Å². The Hall–Kier alpha value is -2.86. The molecule has 3 aromatic rings. The molecule has 0 saturated carbocycles. The van der Waals surface area contributed by atoms with Crippen molar-refractivity contribution in [1.29, 1.82) is 0 Å². The highest BCUT2D eigenvalue weighted by molar-refractivity contribution is 5.49. The molecule has 3 rings (SSSR count). The molecule has 3 N–H and O–H groups in total. The maximum absolute atomic E-state index is 9.57. The summed E-state index contributed by atoms with van der Waals surface area (Å²) in [4.78, 5) is 0. The summed E-state index contributed by atoms with van der Waals surface area (Å²) in [6.07, 6.45) is 3.66. The Kier molecular flexibility index (Phi) is 9.95. The van der Waals surface area contributed by atoms with Crippen LogP contribution in [0.4, 0.5) is 0 Å². The zero-order valence-corrected chi connectivity index (χ0v) is 20.3. The molecule has 0 aliphatic rings. The number of rotatable bonds is 14. The predicted octanol–water partition coefficient (Wildman–Crippen LogP) is 5.14. The first-order valence-electron chi connectivity index (χ1n) is 12.0. The fraction of sp³-hybridized carbons (Fsp3) is 0.379. The second kappa shape index (κ2) is 13.1. The Morgan fingerprint density at radius 2 is 1.26 bits per heavy atom. The fourth-order valence-electron chi connectivity index (χ4n) is 4.40. The smallest absolute Gasteiger partial charge is 0.143 e. The number of aliphatic hydroxyl groups is 1. The largest absolute Gasteiger partial charge is 0.497 e. The summed E-state index contributed by atoms with van der Waals surface area (Å²) < 4.78 is 17.6. The highest BCUT2D eigenvalue weighted by Gasteiger charge is 2.37. The summed E-state index contributed by atoms with van der Waals surface area (Å²) in [6, 6.07) is 26.5. The average Bonchev–Trinajstić information content (AvgIpc) is 2.91. The molecule has 0 saturated heterocycles. The van der Waals surface area contributed by atoms with Crippen molar-refractivity contribution in [3.63, 3.8) is 0 Å². The number of hydrogen-bond acceptors (Lipinski definition) is 5. The lowest BCUT2D eigenvalue weighted by molar-refractivity contribution is 0.00995. The van der Waals surface area contributed by atoms with E-state index >= 15 is 0 Å². The quantitative estimate of drug-likeness (QED) is 0.256. The van der Waals surface area contributed by atoms with E-state index in [4.69, 9.17) is 19.9 Å². The molecule has 1 atom stereocenters. The van der Waals surface area contributed by atoms with Crippen LogP contribution in [0.2, 0.25) is 0 Å². The summed E-state index contributed by atoms with van der Waals surface area (Å²) >= 11 is 0. The van der Waals surface area contributed by atoms with E-state index in [1.807, 2.05) is 42.5 Å². The highest BCUT2D eigenvalue weighted by Crippen LogP contribution is 2.41. The van der Waals surface area contributed by atoms with Crippen LogP contribution in [-0.2, 0) is 10.3 Å². The first kappa shape index (κ1) is 25.8. The van der Waals surface area contributed by atoms with Gasteiger partial charge in [-0.15, -0.1) is 0 Å². The van der Waals surface area contributed by atoms with Crippen LogP contribution >= 0.6 is 0 Å². The second-order valence-electron chi connectivity index (χ2n) is 8.47. The molecule has 0 aliphatic carbocycles. The topological polar surface area (TPSA) is 73.9 Å². The van der Waals surface area contributed by atoms with E-state index in [0.29, 0.717) is 13.2 Å². The Bertz CT molecular complexity index is 910. The predicted molar refractivity (Wildman–Crippen MR) is 136 cm³/mol. The maximum atomic E-state index is 9.57. The van der Waals surface area contributed by atoms with E-state index in [9.17, 15) is 5.11 Å². The van der Waals surface area contributed by atoms with Gasteiger partial charge in [-0.1, -0.05) is 61.0 Å². The fourth-order valence-corrected chi connectivity index (χ4v) is 4.40. The summed E-state index contributed by atoms with van der Waals surface area (Å²) in [5, 5.41) is 9.57. The minimum atomic E-state index is -0.784. The summed E-state index contributed by atoms with van der Waals surface area (Å²) in [6.45, 7) is 1.37. The van der Waals surface area contributed by atoms with Crippen molar-refractivity contribution < 1.29 is 19.3 Å². The standard InChI is InChI=1S/C29H37NO4/c1-32-27-15-11-25(12-16-27)29(24-9-4-3-5-10-24,26-13-17-28(33-2)18-14-26)34-21-7-6-8-23(22-31)19-20-30/h3-5,9-18,23,31H,6-8,19-22,30H2,1-2H3. The number of benzene rings is 3. The normalized spacial score (nSPS) is 12.4. The van der Waals surface area contributed by atoms with Gasteiger partial charge in [0.15, 0.2) is 0 Å². The van der Waals surface area contributed by atoms with Crippen molar-refractivity contribution in [3.8, 4) is 11.5 Å². The van der Waals surface area contributed by atoms with Crippen molar-refractivity contribution >= 4 is 0 Å². The Morgan fingerprint density at radius 1 is 0.735 bits per heavy atom. The van der Waals surface area contributed by atoms with Crippen LogP contribution in [0, 0.1) is 5.92 Å². The molecule has 3 aromatic carbocycles. The zero-order chi connectivity index (χ0) is 24.2. The van der Waals surface area contributed by atoms with Gasteiger partial charge in [0.05, 0.1) is 14.2 Å². The van der Waals surface area contributed by atoms with E-state index in [2.05, 4.69) is 36.4 Å². The number of hydrogen-bond donors (Lipinski definition) is 2. The maximum Gasteiger partial charge on any atom is 0.143 e. The minimum Gasteiger partial charge on any atom is -0.497 e. The molecule has 0 amide bonds. The third kappa shape index (κ3) is 6.17. The molecule has 0 aromatic heterocycles. The molecule has 5 heteroatoms. The number of aliphatic hydroxyl groups excluding tert-OH is 1. The molecule has 0 bridgehead atoms. The van der Waals surface area contributed by atoms with Crippen LogP contribution in [-0.4, -0.2) is 39.1 Å². The van der Waals surface area contributed by atoms with Crippen LogP contribution in [0.25, 0.3) is 0 Å². The van der Waals surface area contributed by atoms with Crippen LogP contribution in [0.3, 0.4) is 0 Å². The van der Waals surface area contributed by atoms with Crippen LogP contribution < -0.4 is 15.2 Å². The Morgan fingerprint density at radius 3 is 1.74 bits per heavy atom. The third-order valence-corrected chi connectivity index (χ3v) is 6.33. The molecule has 0 spiro atoms. The second-order valence-corrected chi connectivity index (χ2v) is 8.47. The lowest BCUT2D eigenvalue weighted by atomic mass is 9.80. The first-order chi connectivity index (χ1) is 16.7. The monoisotopic (exact) mass is 463 g/mol. The number of nitrogens with two attached hydrogens (primary N) is 1. The van der Waals surface area contributed by atoms with E-state index in [0.717, 1.165) is 53.9 Å². The molecular formula is C29H37NO4. The number of methoxy groups -OCH3 is 2. The lowest BCUT2D eigenvalue weighted by Gasteiger charge is -2.36. The van der Waals surface area contributed by atoms with Gasteiger partial charge in [0.2, 0.25) is 0 Å². The van der Waals surface area contributed by atoms with Crippen molar-refractivity contribution in [2.24, 2.45) is 11.7 Å². The minimum absolute atomic E-state index is 0.184. The SMILES string of the molecule is COc1ccc(C(OCCCCC(CO)CCN)(c2ccccc2)c2ccc(OC)cc2)cc1. The molecule has 182 valence electrons. The van der Waals surface area contributed by atoms with Gasteiger partial charge in [-0.3, -0.25) is 0 Å². The van der Waals surface area contributed by atoms with Gasteiger partial charge in [-0.2, -0.15) is 0 Å². The lowest BCUT2D eigenvalue weighted by Crippen LogP contribution is -2.33. The third-order valence-electron chi connectivity index (χ3n) is 6.33. The molecule has 0 aliphatic heterocycles. The van der Waals surface area contributed by atoms with Gasteiger partial charge in [0.1, 0.15) is 17.1 Å². The van der Waals surface area contributed by atoms with Gasteiger partial charge >= 0.3 is 0 Å². The van der Waals surface area contributed by atoms with E-state index in [-0.39, 0.29) is 12.5 Å². The molecule has 0 heterocycles. The number of ether oxygens (including phenoxy) is 3. The van der Waals surface area contributed by atoms with Crippen molar-refractivity contribution in [3.05, 3.63) is 95.6 Å². The highest BCUT2D eigenvalue weighted by atomic mass is 16.5. The first-order valence-corrected chi connectivity index (χ1v) is 12.0. The summed E-state index contributed by atoms with van der Waals surface area (Å²) in [5.41, 5.74) is 8.00. The van der Waals surface area contributed by atoms with Gasteiger partial charge in [0, 0.05) is 13.2 Å². The van der Waals surface area contributed by atoms with Crippen molar-refractivity contribution in [1.82, 2.24) is 0 Å². The molecular weight excluding hydrogens is 426 g/mol. The van der Waals surface area contributed by atoms with Crippen LogP contribution in [0.5, 0.6) is 11.5 Å². The van der Waals surface area contributed by atoms with Gasteiger partial charge in [-0.05, 0) is 72.7 Å². The summed E-state index contributed by atoms with van der Waals surface area (Å²) in [5.74, 6) is 1.86. The Balaban J connectivity index is 1.95. The zero-order valence-electron chi connectivity index (χ0n) is 20.3. The van der Waals surface area contributed by atoms with Crippen molar-refractivity contribution in [2.45, 2.75) is 31.3 Å². The van der Waals surface area contributed by atoms with E-state index < -0.39 is 5.60 Å². The van der Waals surface area contributed by atoms with Crippen LogP contribution in [0.15, 0.2) is 78.9 Å². The molecule has 34 heavy (non-hydrogen) atoms. The Labute approximate surface area is 203 Å². The van der Waals surface area contributed by atoms with Gasteiger partial charge in [-0.25, -0.2) is 0 Å². The van der Waals surface area contributed by atoms with Crippen LogP contribution in [0.1, 0.15) is 42.4 Å². The molecule has 5 nitrogen and oxygen atoms in total. The average molecular weight is 464 g/mol. The summed E-state index contributed by atoms with van der Waals surface area (Å²) in [7, 11) is 3.34.